The summed E-state index contributed by atoms with van der Waals surface area (Å²) in [5, 5.41) is 6.90. The number of aromatic amines is 1. The maximum atomic E-state index is 11.9. The molecule has 1 aromatic carbocycles. The van der Waals surface area contributed by atoms with Crippen molar-refractivity contribution in [3.05, 3.63) is 42.2 Å². The lowest BCUT2D eigenvalue weighted by Crippen LogP contribution is -2.44. The minimum atomic E-state index is 0.252. The van der Waals surface area contributed by atoms with Crippen molar-refractivity contribution in [2.45, 2.75) is 38.1 Å². The second-order valence-electron chi connectivity index (χ2n) is 7.72. The van der Waals surface area contributed by atoms with Crippen LogP contribution in [-0.2, 0) is 11.2 Å². The SMILES string of the molecule is CN(CCc1cn[nH]c1)C1CCN(c2ccc(N3CCCC3=O)cc2)CC1. The molecule has 6 nitrogen and oxygen atoms in total. The van der Waals surface area contributed by atoms with E-state index in [0.717, 1.165) is 44.7 Å². The van der Waals surface area contributed by atoms with Gasteiger partial charge in [-0.05, 0) is 62.6 Å². The Kier molecular flexibility index (Phi) is 5.43. The van der Waals surface area contributed by atoms with E-state index in [9.17, 15) is 4.79 Å². The third-order valence-corrected chi connectivity index (χ3v) is 6.00. The molecule has 0 radical (unpaired) electrons. The summed E-state index contributed by atoms with van der Waals surface area (Å²) < 4.78 is 0. The molecule has 2 aliphatic heterocycles. The number of aromatic nitrogens is 2. The van der Waals surface area contributed by atoms with E-state index in [0.29, 0.717) is 12.5 Å². The largest absolute Gasteiger partial charge is 0.371 e. The van der Waals surface area contributed by atoms with E-state index < -0.39 is 0 Å². The molecule has 27 heavy (non-hydrogen) atoms. The fourth-order valence-electron chi connectivity index (χ4n) is 4.23. The minimum Gasteiger partial charge on any atom is -0.371 e. The van der Waals surface area contributed by atoms with E-state index in [-0.39, 0.29) is 5.91 Å². The summed E-state index contributed by atoms with van der Waals surface area (Å²) in [5.74, 6) is 0.252. The summed E-state index contributed by atoms with van der Waals surface area (Å²) in [6.45, 7) is 4.10. The second-order valence-corrected chi connectivity index (χ2v) is 7.72. The van der Waals surface area contributed by atoms with Gasteiger partial charge in [0.1, 0.15) is 0 Å². The summed E-state index contributed by atoms with van der Waals surface area (Å²) >= 11 is 0. The molecule has 1 amide bonds. The predicted molar refractivity (Wildman–Crippen MR) is 108 cm³/mol. The Hall–Kier alpha value is -2.34. The molecular formula is C21H29N5O. The number of hydrogen-bond acceptors (Lipinski definition) is 4. The molecule has 4 rings (SSSR count). The van der Waals surface area contributed by atoms with Crippen molar-refractivity contribution < 1.29 is 4.79 Å². The van der Waals surface area contributed by atoms with Crippen LogP contribution in [0.25, 0.3) is 0 Å². The van der Waals surface area contributed by atoms with Gasteiger partial charge < -0.3 is 14.7 Å². The van der Waals surface area contributed by atoms with Crippen molar-refractivity contribution >= 4 is 17.3 Å². The van der Waals surface area contributed by atoms with E-state index in [4.69, 9.17) is 0 Å². The van der Waals surface area contributed by atoms with Crippen molar-refractivity contribution in [3.8, 4) is 0 Å². The standard InChI is InChI=1S/C21H29N5O/c1-24(12-8-17-15-22-23-16-17)18-9-13-25(14-10-18)19-4-6-20(7-5-19)26-11-2-3-21(26)27/h4-7,15-16,18H,2-3,8-14H2,1H3,(H,22,23). The number of anilines is 2. The quantitative estimate of drug-likeness (QED) is 0.853. The molecule has 144 valence electrons. The molecule has 1 aromatic heterocycles. The number of nitrogens with zero attached hydrogens (tertiary/aromatic N) is 4. The third kappa shape index (κ3) is 4.16. The molecule has 2 aliphatic rings. The lowest BCUT2D eigenvalue weighted by atomic mass is 10.0. The number of likely N-dealkylation sites (N-methyl/N-ethyl adjacent to an activating group) is 1. The highest BCUT2D eigenvalue weighted by molar-refractivity contribution is 5.95. The zero-order chi connectivity index (χ0) is 18.6. The van der Waals surface area contributed by atoms with Gasteiger partial charge in [0, 0.05) is 56.2 Å². The van der Waals surface area contributed by atoms with Crippen LogP contribution in [0.2, 0.25) is 0 Å². The number of carbonyl (C=O) groups is 1. The summed E-state index contributed by atoms with van der Waals surface area (Å²) in [6, 6.07) is 9.19. The summed E-state index contributed by atoms with van der Waals surface area (Å²) in [4.78, 5) is 18.8. The Morgan fingerprint density at radius 1 is 1.15 bits per heavy atom. The van der Waals surface area contributed by atoms with Gasteiger partial charge in [-0.15, -0.1) is 0 Å². The number of benzene rings is 1. The third-order valence-electron chi connectivity index (χ3n) is 6.00. The number of piperidine rings is 1. The van der Waals surface area contributed by atoms with Gasteiger partial charge in [0.05, 0.1) is 6.20 Å². The zero-order valence-electron chi connectivity index (χ0n) is 16.1. The highest BCUT2D eigenvalue weighted by atomic mass is 16.2. The van der Waals surface area contributed by atoms with E-state index in [2.05, 4.69) is 51.3 Å². The predicted octanol–water partition coefficient (Wildman–Crippen LogP) is 2.68. The topological polar surface area (TPSA) is 55.5 Å². The Balaban J connectivity index is 1.28. The Morgan fingerprint density at radius 3 is 2.52 bits per heavy atom. The Morgan fingerprint density at radius 2 is 1.89 bits per heavy atom. The Bertz CT molecular complexity index is 734. The number of rotatable bonds is 6. The van der Waals surface area contributed by atoms with Gasteiger partial charge in [-0.2, -0.15) is 5.10 Å². The highest BCUT2D eigenvalue weighted by Crippen LogP contribution is 2.27. The summed E-state index contributed by atoms with van der Waals surface area (Å²) in [6.07, 6.45) is 8.98. The summed E-state index contributed by atoms with van der Waals surface area (Å²) in [7, 11) is 2.24. The molecule has 0 spiro atoms. The molecule has 2 aromatic rings. The Labute approximate surface area is 161 Å². The first kappa shape index (κ1) is 18.0. The van der Waals surface area contributed by atoms with Crippen molar-refractivity contribution in [1.29, 1.82) is 0 Å². The van der Waals surface area contributed by atoms with Crippen molar-refractivity contribution in [3.63, 3.8) is 0 Å². The molecule has 0 unspecified atom stereocenters. The van der Waals surface area contributed by atoms with Crippen molar-refractivity contribution in [2.75, 3.05) is 43.0 Å². The molecule has 0 bridgehead atoms. The van der Waals surface area contributed by atoms with Crippen LogP contribution in [-0.4, -0.2) is 60.3 Å². The number of nitrogens with one attached hydrogen (secondary N) is 1. The number of H-pyrrole nitrogens is 1. The van der Waals surface area contributed by atoms with E-state index in [1.54, 1.807) is 0 Å². The molecule has 3 heterocycles. The van der Waals surface area contributed by atoms with Crippen LogP contribution in [0.3, 0.4) is 0 Å². The fraction of sp³-hybridized carbons (Fsp3) is 0.524. The van der Waals surface area contributed by atoms with Crippen molar-refractivity contribution in [2.24, 2.45) is 0 Å². The monoisotopic (exact) mass is 367 g/mol. The van der Waals surface area contributed by atoms with Crippen LogP contribution in [0.1, 0.15) is 31.2 Å². The number of hydrogen-bond donors (Lipinski definition) is 1. The van der Waals surface area contributed by atoms with Gasteiger partial charge in [0.15, 0.2) is 0 Å². The van der Waals surface area contributed by atoms with Gasteiger partial charge in [-0.25, -0.2) is 0 Å². The maximum absolute atomic E-state index is 11.9. The van der Waals surface area contributed by atoms with E-state index in [1.807, 2.05) is 17.3 Å². The van der Waals surface area contributed by atoms with Crippen LogP contribution in [0, 0.1) is 0 Å². The zero-order valence-corrected chi connectivity index (χ0v) is 16.1. The summed E-state index contributed by atoms with van der Waals surface area (Å²) in [5.41, 5.74) is 3.58. The van der Waals surface area contributed by atoms with Crippen LogP contribution >= 0.6 is 0 Å². The van der Waals surface area contributed by atoms with Crippen LogP contribution in [0.5, 0.6) is 0 Å². The second kappa shape index (κ2) is 8.13. The van der Waals surface area contributed by atoms with Crippen LogP contribution < -0.4 is 9.80 Å². The average Bonchev–Trinajstić information content (AvgIpc) is 3.38. The number of carbonyl (C=O) groups excluding carboxylic acids is 1. The van der Waals surface area contributed by atoms with Gasteiger partial charge in [-0.3, -0.25) is 9.89 Å². The molecule has 6 heteroatoms. The fourth-order valence-corrected chi connectivity index (χ4v) is 4.23. The van der Waals surface area contributed by atoms with Gasteiger partial charge in [0.25, 0.3) is 0 Å². The smallest absolute Gasteiger partial charge is 0.227 e. The molecule has 0 atom stereocenters. The van der Waals surface area contributed by atoms with Gasteiger partial charge in [-0.1, -0.05) is 0 Å². The van der Waals surface area contributed by atoms with Gasteiger partial charge >= 0.3 is 0 Å². The number of amides is 1. The molecule has 1 N–H and O–H groups in total. The molecule has 2 saturated heterocycles. The van der Waals surface area contributed by atoms with Crippen molar-refractivity contribution in [1.82, 2.24) is 15.1 Å². The minimum absolute atomic E-state index is 0.252. The lowest BCUT2D eigenvalue weighted by Gasteiger charge is -2.38. The molecule has 2 fully saturated rings. The first-order valence-corrected chi connectivity index (χ1v) is 10.0. The molecule has 0 aliphatic carbocycles. The van der Waals surface area contributed by atoms with E-state index in [1.165, 1.54) is 24.1 Å². The van der Waals surface area contributed by atoms with Gasteiger partial charge in [0.2, 0.25) is 5.91 Å². The molecule has 0 saturated carbocycles. The first-order chi connectivity index (χ1) is 13.2. The average molecular weight is 367 g/mol. The van der Waals surface area contributed by atoms with E-state index >= 15 is 0 Å². The maximum Gasteiger partial charge on any atom is 0.227 e. The normalized spacial score (nSPS) is 18.7. The van der Waals surface area contributed by atoms with Crippen LogP contribution in [0.15, 0.2) is 36.7 Å². The molecular weight excluding hydrogens is 338 g/mol. The van der Waals surface area contributed by atoms with Crippen LogP contribution in [0.4, 0.5) is 11.4 Å². The first-order valence-electron chi connectivity index (χ1n) is 10.0. The lowest BCUT2D eigenvalue weighted by molar-refractivity contribution is -0.117. The highest BCUT2D eigenvalue weighted by Gasteiger charge is 2.24.